The maximum absolute atomic E-state index is 11.0. The molecule has 9 nitrogen and oxygen atoms in total. The van der Waals surface area contributed by atoms with E-state index in [0.29, 0.717) is 18.3 Å². The topological polar surface area (TPSA) is 110 Å². The van der Waals surface area contributed by atoms with E-state index < -0.39 is 5.97 Å². The van der Waals surface area contributed by atoms with Crippen molar-refractivity contribution in [1.82, 2.24) is 29.8 Å². The van der Waals surface area contributed by atoms with Gasteiger partial charge >= 0.3 is 5.97 Å². The summed E-state index contributed by atoms with van der Waals surface area (Å²) in [4.78, 5) is 22.2. The zero-order valence-electron chi connectivity index (χ0n) is 18.2. The fourth-order valence-electron chi connectivity index (χ4n) is 4.35. The quantitative estimate of drug-likeness (QED) is 0.510. The highest BCUT2D eigenvalue weighted by Crippen LogP contribution is 2.31. The first-order valence-electron chi connectivity index (χ1n) is 10.6. The minimum Gasteiger partial charge on any atom is -0.480 e. The molecule has 0 amide bonds. The largest absolute Gasteiger partial charge is 0.480 e. The Labute approximate surface area is 184 Å². The van der Waals surface area contributed by atoms with Gasteiger partial charge in [-0.25, -0.2) is 9.67 Å². The number of pyridine rings is 1. The number of aliphatic carboxylic acids is 1. The van der Waals surface area contributed by atoms with Crippen molar-refractivity contribution in [2.24, 2.45) is 0 Å². The van der Waals surface area contributed by atoms with Gasteiger partial charge in [0.15, 0.2) is 5.65 Å². The smallest absolute Gasteiger partial charge is 0.317 e. The fraction of sp³-hybridized carbons (Fsp3) is 0.348. The van der Waals surface area contributed by atoms with Gasteiger partial charge in [0, 0.05) is 36.3 Å². The Morgan fingerprint density at radius 2 is 2.12 bits per heavy atom. The lowest BCUT2D eigenvalue weighted by atomic mass is 9.91. The van der Waals surface area contributed by atoms with Gasteiger partial charge in [-0.3, -0.25) is 9.69 Å². The number of carboxylic acids is 1. The van der Waals surface area contributed by atoms with Crippen molar-refractivity contribution in [2.45, 2.75) is 39.8 Å². The SMILES string of the molecule is Cc1c(-c2noc(-c3cnc4c(cnn4C(C)C)c3)n2)ccc2c1CCN(CC(=O)O)C2. The zero-order chi connectivity index (χ0) is 22.4. The molecule has 0 saturated heterocycles. The van der Waals surface area contributed by atoms with Crippen LogP contribution in [0.25, 0.3) is 33.9 Å². The molecule has 5 rings (SSSR count). The number of benzene rings is 1. The van der Waals surface area contributed by atoms with E-state index in [4.69, 9.17) is 9.63 Å². The fourth-order valence-corrected chi connectivity index (χ4v) is 4.35. The van der Waals surface area contributed by atoms with Gasteiger partial charge in [0.2, 0.25) is 5.82 Å². The molecule has 1 aromatic carbocycles. The van der Waals surface area contributed by atoms with Crippen LogP contribution in [0.2, 0.25) is 0 Å². The number of carboxylic acid groups (broad SMARTS) is 1. The second-order valence-electron chi connectivity index (χ2n) is 8.47. The van der Waals surface area contributed by atoms with Crippen LogP contribution in [0.1, 0.15) is 36.6 Å². The van der Waals surface area contributed by atoms with Gasteiger partial charge < -0.3 is 9.63 Å². The van der Waals surface area contributed by atoms with Gasteiger partial charge in [-0.1, -0.05) is 17.3 Å². The Morgan fingerprint density at radius 1 is 1.28 bits per heavy atom. The second-order valence-corrected chi connectivity index (χ2v) is 8.47. The first kappa shape index (κ1) is 20.3. The minimum absolute atomic E-state index is 0.0584. The second kappa shape index (κ2) is 7.83. The van der Waals surface area contributed by atoms with Gasteiger partial charge in [-0.2, -0.15) is 10.1 Å². The Hall–Kier alpha value is -3.59. The highest BCUT2D eigenvalue weighted by atomic mass is 16.5. The molecule has 0 atom stereocenters. The number of carbonyl (C=O) groups is 1. The molecular weight excluding hydrogens is 408 g/mol. The molecule has 4 aromatic rings. The molecule has 3 aromatic heterocycles. The normalized spacial score (nSPS) is 14.2. The van der Waals surface area contributed by atoms with Crippen LogP contribution < -0.4 is 0 Å². The summed E-state index contributed by atoms with van der Waals surface area (Å²) in [5.41, 5.74) is 5.99. The molecule has 0 spiro atoms. The van der Waals surface area contributed by atoms with E-state index in [1.165, 1.54) is 5.56 Å². The number of nitrogens with zero attached hydrogens (tertiary/aromatic N) is 6. The molecule has 1 aliphatic heterocycles. The standard InChI is InChI=1S/C23H24N6O3/c1-13(2)29-22-16(10-25-29)8-17(9-24-22)23-26-21(27-32-23)19-5-4-15-11-28(12-20(30)31)7-6-18(15)14(19)3/h4-5,8-10,13H,6-7,11-12H2,1-3H3,(H,30,31). The highest BCUT2D eigenvalue weighted by Gasteiger charge is 2.23. The van der Waals surface area contributed by atoms with Gasteiger partial charge in [0.25, 0.3) is 5.89 Å². The van der Waals surface area contributed by atoms with E-state index in [2.05, 4.69) is 41.0 Å². The number of aromatic nitrogens is 5. The first-order valence-corrected chi connectivity index (χ1v) is 10.6. The summed E-state index contributed by atoms with van der Waals surface area (Å²) in [5, 5.41) is 18.6. The summed E-state index contributed by atoms with van der Waals surface area (Å²) < 4.78 is 7.45. The van der Waals surface area contributed by atoms with Crippen molar-refractivity contribution < 1.29 is 14.4 Å². The highest BCUT2D eigenvalue weighted by molar-refractivity contribution is 5.79. The van der Waals surface area contributed by atoms with Crippen molar-refractivity contribution in [3.05, 3.63) is 47.3 Å². The molecule has 0 aliphatic carbocycles. The number of hydrogen-bond donors (Lipinski definition) is 1. The third-order valence-electron chi connectivity index (χ3n) is 5.96. The number of rotatable bonds is 5. The summed E-state index contributed by atoms with van der Waals surface area (Å²) in [6.07, 6.45) is 4.33. The first-order chi connectivity index (χ1) is 15.4. The Kier molecular flexibility index (Phi) is 4.97. The lowest BCUT2D eigenvalue weighted by Crippen LogP contribution is -2.35. The van der Waals surface area contributed by atoms with Crippen LogP contribution in [0.5, 0.6) is 0 Å². The molecule has 1 aliphatic rings. The zero-order valence-corrected chi connectivity index (χ0v) is 18.2. The van der Waals surface area contributed by atoms with E-state index in [-0.39, 0.29) is 12.6 Å². The molecular formula is C23H24N6O3. The molecule has 9 heteroatoms. The van der Waals surface area contributed by atoms with Crippen LogP contribution in [-0.4, -0.2) is 54.0 Å². The summed E-state index contributed by atoms with van der Waals surface area (Å²) >= 11 is 0. The minimum atomic E-state index is -0.801. The molecule has 0 bridgehead atoms. The van der Waals surface area contributed by atoms with E-state index in [1.54, 1.807) is 12.4 Å². The molecule has 4 heterocycles. The van der Waals surface area contributed by atoms with E-state index in [0.717, 1.165) is 46.3 Å². The lowest BCUT2D eigenvalue weighted by molar-refractivity contribution is -0.138. The maximum Gasteiger partial charge on any atom is 0.317 e. The van der Waals surface area contributed by atoms with E-state index >= 15 is 0 Å². The van der Waals surface area contributed by atoms with Gasteiger partial charge in [0.05, 0.1) is 18.3 Å². The van der Waals surface area contributed by atoms with Crippen LogP contribution in [0.15, 0.2) is 35.1 Å². The third-order valence-corrected chi connectivity index (χ3v) is 5.96. The van der Waals surface area contributed by atoms with E-state index in [1.807, 2.05) is 27.8 Å². The van der Waals surface area contributed by atoms with Crippen molar-refractivity contribution in [2.75, 3.05) is 13.1 Å². The molecule has 0 unspecified atom stereocenters. The monoisotopic (exact) mass is 432 g/mol. The number of hydrogen-bond acceptors (Lipinski definition) is 7. The molecule has 0 saturated carbocycles. The predicted octanol–water partition coefficient (Wildman–Crippen LogP) is 3.48. The number of fused-ring (bicyclic) bond motifs is 2. The molecule has 32 heavy (non-hydrogen) atoms. The van der Waals surface area contributed by atoms with Crippen molar-refractivity contribution >= 4 is 17.0 Å². The summed E-state index contributed by atoms with van der Waals surface area (Å²) in [7, 11) is 0. The van der Waals surface area contributed by atoms with Crippen LogP contribution in [0.4, 0.5) is 0 Å². The van der Waals surface area contributed by atoms with Gasteiger partial charge in [-0.05, 0) is 49.9 Å². The Balaban J connectivity index is 1.44. The van der Waals surface area contributed by atoms with Crippen LogP contribution in [-0.2, 0) is 17.8 Å². The van der Waals surface area contributed by atoms with Crippen molar-refractivity contribution in [3.8, 4) is 22.8 Å². The van der Waals surface area contributed by atoms with Crippen LogP contribution in [0, 0.1) is 6.92 Å². The van der Waals surface area contributed by atoms with Crippen LogP contribution in [0.3, 0.4) is 0 Å². The summed E-state index contributed by atoms with van der Waals surface area (Å²) in [5.74, 6) is 0.146. The molecule has 1 N–H and O–H groups in total. The summed E-state index contributed by atoms with van der Waals surface area (Å²) in [6.45, 7) is 7.61. The van der Waals surface area contributed by atoms with E-state index in [9.17, 15) is 4.79 Å². The lowest BCUT2D eigenvalue weighted by Gasteiger charge is -2.28. The Bertz CT molecular complexity index is 1320. The van der Waals surface area contributed by atoms with Gasteiger partial charge in [-0.15, -0.1) is 0 Å². The molecule has 0 radical (unpaired) electrons. The molecule has 0 fully saturated rings. The Morgan fingerprint density at radius 3 is 2.91 bits per heavy atom. The average Bonchev–Trinajstić information content (AvgIpc) is 3.40. The average molecular weight is 432 g/mol. The molecule has 164 valence electrons. The predicted molar refractivity (Wildman–Crippen MR) is 118 cm³/mol. The maximum atomic E-state index is 11.0. The van der Waals surface area contributed by atoms with Crippen LogP contribution >= 0.6 is 0 Å². The van der Waals surface area contributed by atoms with Gasteiger partial charge in [0.1, 0.15) is 0 Å². The van der Waals surface area contributed by atoms with Crippen molar-refractivity contribution in [1.29, 1.82) is 0 Å². The van der Waals surface area contributed by atoms with Crippen molar-refractivity contribution in [3.63, 3.8) is 0 Å². The summed E-state index contributed by atoms with van der Waals surface area (Å²) in [6, 6.07) is 6.21. The third kappa shape index (κ3) is 3.54.